The van der Waals surface area contributed by atoms with Gasteiger partial charge in [-0.1, -0.05) is 29.5 Å². The van der Waals surface area contributed by atoms with Crippen molar-refractivity contribution in [1.82, 2.24) is 9.97 Å². The summed E-state index contributed by atoms with van der Waals surface area (Å²) in [6, 6.07) is 15.2. The van der Waals surface area contributed by atoms with E-state index in [4.69, 9.17) is 4.74 Å². The number of hydrogen-bond donors (Lipinski definition) is 1. The number of amides is 1. The predicted octanol–water partition coefficient (Wildman–Crippen LogP) is 4.80. The third-order valence-corrected chi connectivity index (χ3v) is 4.93. The minimum Gasteiger partial charge on any atom is -0.492 e. The highest BCUT2D eigenvalue weighted by Gasteiger charge is 2.13. The van der Waals surface area contributed by atoms with Gasteiger partial charge >= 0.3 is 0 Å². The van der Waals surface area contributed by atoms with Gasteiger partial charge in [-0.25, -0.2) is 4.98 Å². The summed E-state index contributed by atoms with van der Waals surface area (Å²) >= 11 is 1.43. The molecule has 0 unspecified atom stereocenters. The molecule has 4 aromatic rings. The molecule has 0 saturated carbocycles. The van der Waals surface area contributed by atoms with Crippen LogP contribution in [-0.2, 0) is 0 Å². The molecule has 1 amide bonds. The standard InChI is InChI=1S/C20H17N3O2S/c1-3-25-16-5-4-6-17-18(16)22-20(26-17)23-19(24)14-10-9-13-8-7-12(2)21-15(13)11-14/h4-11H,3H2,1-2H3,(H,22,23,24). The Bertz CT molecular complexity index is 1120. The summed E-state index contributed by atoms with van der Waals surface area (Å²) in [7, 11) is 0. The summed E-state index contributed by atoms with van der Waals surface area (Å²) < 4.78 is 6.58. The van der Waals surface area contributed by atoms with Crippen LogP contribution in [-0.4, -0.2) is 22.5 Å². The van der Waals surface area contributed by atoms with Crippen molar-refractivity contribution in [1.29, 1.82) is 0 Å². The summed E-state index contributed by atoms with van der Waals surface area (Å²) in [5.41, 5.74) is 3.05. The predicted molar refractivity (Wildman–Crippen MR) is 105 cm³/mol. The van der Waals surface area contributed by atoms with Crippen molar-refractivity contribution in [3.63, 3.8) is 0 Å². The van der Waals surface area contributed by atoms with E-state index >= 15 is 0 Å². The van der Waals surface area contributed by atoms with E-state index in [2.05, 4.69) is 15.3 Å². The van der Waals surface area contributed by atoms with Crippen molar-refractivity contribution in [3.05, 3.63) is 59.8 Å². The van der Waals surface area contributed by atoms with Gasteiger partial charge < -0.3 is 4.74 Å². The molecule has 0 aliphatic rings. The molecule has 2 heterocycles. The van der Waals surface area contributed by atoms with Crippen LogP contribution >= 0.6 is 11.3 Å². The van der Waals surface area contributed by atoms with Gasteiger partial charge in [0.2, 0.25) is 0 Å². The molecule has 4 rings (SSSR count). The fraction of sp³-hybridized carbons (Fsp3) is 0.150. The van der Waals surface area contributed by atoms with Gasteiger partial charge in [-0.3, -0.25) is 15.1 Å². The van der Waals surface area contributed by atoms with Crippen LogP contribution in [0.4, 0.5) is 5.13 Å². The van der Waals surface area contributed by atoms with Gasteiger partial charge in [-0.05, 0) is 44.2 Å². The van der Waals surface area contributed by atoms with E-state index in [1.54, 1.807) is 12.1 Å². The number of carbonyl (C=O) groups is 1. The van der Waals surface area contributed by atoms with E-state index in [-0.39, 0.29) is 5.91 Å². The Labute approximate surface area is 154 Å². The van der Waals surface area contributed by atoms with Crippen LogP contribution in [0.25, 0.3) is 21.1 Å². The number of hydrogen-bond acceptors (Lipinski definition) is 5. The van der Waals surface area contributed by atoms with Crippen molar-refractivity contribution in [3.8, 4) is 5.75 Å². The summed E-state index contributed by atoms with van der Waals surface area (Å²) in [5.74, 6) is 0.527. The van der Waals surface area contributed by atoms with E-state index in [0.29, 0.717) is 17.3 Å². The number of nitrogens with zero attached hydrogens (tertiary/aromatic N) is 2. The van der Waals surface area contributed by atoms with Crippen molar-refractivity contribution in [2.75, 3.05) is 11.9 Å². The second-order valence-electron chi connectivity index (χ2n) is 5.87. The van der Waals surface area contributed by atoms with Crippen LogP contribution in [0, 0.1) is 6.92 Å². The molecule has 0 bridgehead atoms. The molecule has 0 aliphatic carbocycles. The number of aryl methyl sites for hydroxylation is 1. The highest BCUT2D eigenvalue weighted by atomic mass is 32.1. The lowest BCUT2D eigenvalue weighted by atomic mass is 10.1. The number of ether oxygens (including phenoxy) is 1. The normalized spacial score (nSPS) is 11.0. The number of nitrogens with one attached hydrogen (secondary N) is 1. The lowest BCUT2D eigenvalue weighted by Gasteiger charge is -2.04. The maximum absolute atomic E-state index is 12.6. The number of aromatic nitrogens is 2. The molecule has 0 radical (unpaired) electrons. The lowest BCUT2D eigenvalue weighted by Crippen LogP contribution is -2.11. The van der Waals surface area contributed by atoms with E-state index in [0.717, 1.165) is 32.6 Å². The molecular formula is C20H17N3O2S. The van der Waals surface area contributed by atoms with E-state index in [9.17, 15) is 4.79 Å². The number of pyridine rings is 1. The topological polar surface area (TPSA) is 64.1 Å². The van der Waals surface area contributed by atoms with Crippen molar-refractivity contribution < 1.29 is 9.53 Å². The van der Waals surface area contributed by atoms with E-state index in [1.165, 1.54) is 11.3 Å². The maximum Gasteiger partial charge on any atom is 0.257 e. The average Bonchev–Trinajstić information content (AvgIpc) is 3.04. The number of anilines is 1. The number of benzene rings is 2. The van der Waals surface area contributed by atoms with Crippen LogP contribution in [0.5, 0.6) is 5.75 Å². The van der Waals surface area contributed by atoms with Crippen molar-refractivity contribution in [2.24, 2.45) is 0 Å². The Morgan fingerprint density at radius 3 is 2.85 bits per heavy atom. The third kappa shape index (κ3) is 3.11. The second kappa shape index (κ2) is 6.72. The number of para-hydroxylation sites is 1. The fourth-order valence-electron chi connectivity index (χ4n) is 2.78. The highest BCUT2D eigenvalue weighted by Crippen LogP contribution is 2.32. The SMILES string of the molecule is CCOc1cccc2sc(NC(=O)c3ccc4ccc(C)nc4c3)nc12. The van der Waals surface area contributed by atoms with Gasteiger partial charge in [0.1, 0.15) is 11.3 Å². The van der Waals surface area contributed by atoms with Crippen LogP contribution in [0.3, 0.4) is 0 Å². The van der Waals surface area contributed by atoms with Crippen molar-refractivity contribution >= 4 is 43.5 Å². The highest BCUT2D eigenvalue weighted by molar-refractivity contribution is 7.22. The Hall–Kier alpha value is -2.99. The summed E-state index contributed by atoms with van der Waals surface area (Å²) in [5, 5.41) is 4.44. The van der Waals surface area contributed by atoms with Gasteiger partial charge in [0, 0.05) is 16.6 Å². The van der Waals surface area contributed by atoms with Gasteiger partial charge in [-0.15, -0.1) is 0 Å². The van der Waals surface area contributed by atoms with E-state index in [1.807, 2.05) is 50.2 Å². The van der Waals surface area contributed by atoms with Gasteiger partial charge in [-0.2, -0.15) is 0 Å². The first-order valence-electron chi connectivity index (χ1n) is 8.35. The molecule has 6 heteroatoms. The smallest absolute Gasteiger partial charge is 0.257 e. The second-order valence-corrected chi connectivity index (χ2v) is 6.90. The number of carbonyl (C=O) groups excluding carboxylic acids is 1. The number of thiazole rings is 1. The molecule has 2 aromatic heterocycles. The molecule has 0 aliphatic heterocycles. The molecule has 2 aromatic carbocycles. The summed E-state index contributed by atoms with van der Waals surface area (Å²) in [6.07, 6.45) is 0. The van der Waals surface area contributed by atoms with Crippen LogP contribution < -0.4 is 10.1 Å². The average molecular weight is 363 g/mol. The minimum absolute atomic E-state index is 0.202. The van der Waals surface area contributed by atoms with Crippen LogP contribution in [0.1, 0.15) is 23.0 Å². The third-order valence-electron chi connectivity index (χ3n) is 4.00. The lowest BCUT2D eigenvalue weighted by molar-refractivity contribution is 0.102. The molecule has 0 fully saturated rings. The molecule has 0 atom stereocenters. The minimum atomic E-state index is -0.202. The number of fused-ring (bicyclic) bond motifs is 2. The largest absolute Gasteiger partial charge is 0.492 e. The van der Waals surface area contributed by atoms with Gasteiger partial charge in [0.15, 0.2) is 5.13 Å². The Morgan fingerprint density at radius 2 is 2.00 bits per heavy atom. The van der Waals surface area contributed by atoms with E-state index < -0.39 is 0 Å². The van der Waals surface area contributed by atoms with Crippen molar-refractivity contribution in [2.45, 2.75) is 13.8 Å². The molecule has 0 spiro atoms. The van der Waals surface area contributed by atoms with Gasteiger partial charge in [0.05, 0.1) is 16.8 Å². The first-order valence-corrected chi connectivity index (χ1v) is 9.17. The van der Waals surface area contributed by atoms with Crippen LogP contribution in [0.2, 0.25) is 0 Å². The monoisotopic (exact) mass is 363 g/mol. The molecule has 26 heavy (non-hydrogen) atoms. The summed E-state index contributed by atoms with van der Waals surface area (Å²) in [6.45, 7) is 4.44. The quantitative estimate of drug-likeness (QED) is 0.565. The Balaban J connectivity index is 1.63. The molecule has 5 nitrogen and oxygen atoms in total. The van der Waals surface area contributed by atoms with Crippen LogP contribution in [0.15, 0.2) is 48.5 Å². The Kier molecular flexibility index (Phi) is 4.26. The molecular weight excluding hydrogens is 346 g/mol. The Morgan fingerprint density at radius 1 is 1.15 bits per heavy atom. The molecule has 0 saturated heterocycles. The first-order chi connectivity index (χ1) is 12.6. The summed E-state index contributed by atoms with van der Waals surface area (Å²) in [4.78, 5) is 21.6. The van der Waals surface area contributed by atoms with Gasteiger partial charge in [0.25, 0.3) is 5.91 Å². The fourth-order valence-corrected chi connectivity index (χ4v) is 3.66. The zero-order valence-electron chi connectivity index (χ0n) is 14.4. The molecule has 130 valence electrons. The zero-order chi connectivity index (χ0) is 18.1. The maximum atomic E-state index is 12.6. The first kappa shape index (κ1) is 16.5. The number of rotatable bonds is 4. The molecule has 1 N–H and O–H groups in total. The zero-order valence-corrected chi connectivity index (χ0v) is 15.3.